The van der Waals surface area contributed by atoms with Crippen LogP contribution in [0.1, 0.15) is 59.6 Å². The Bertz CT molecular complexity index is 924. The number of hydrogen-bond acceptors (Lipinski definition) is 7. The van der Waals surface area contributed by atoms with Crippen LogP contribution in [0, 0.1) is 0 Å². The summed E-state index contributed by atoms with van der Waals surface area (Å²) in [5, 5.41) is 9.25. The molecule has 0 unspecified atom stereocenters. The van der Waals surface area contributed by atoms with Gasteiger partial charge in [0.15, 0.2) is 0 Å². The zero-order chi connectivity index (χ0) is 23.6. The van der Waals surface area contributed by atoms with E-state index in [-0.39, 0.29) is 37.6 Å². The third-order valence-electron chi connectivity index (χ3n) is 5.39. The molecule has 1 aliphatic rings. The fourth-order valence-electron chi connectivity index (χ4n) is 3.82. The second-order valence-corrected chi connectivity index (χ2v) is 9.68. The molecule has 0 aliphatic heterocycles. The quantitative estimate of drug-likeness (QED) is 0.497. The Labute approximate surface area is 201 Å². The lowest BCUT2D eigenvalue weighted by atomic mass is 9.95. The van der Waals surface area contributed by atoms with Crippen molar-refractivity contribution in [1.82, 2.24) is 15.5 Å². The Hall–Kier alpha value is -2.72. The number of nitrogens with zero attached hydrogens (tertiary/aromatic N) is 1. The minimum atomic E-state index is -0.984. The highest BCUT2D eigenvalue weighted by Crippen LogP contribution is 2.27. The lowest BCUT2D eigenvalue weighted by Crippen LogP contribution is -2.50. The predicted molar refractivity (Wildman–Crippen MR) is 127 cm³/mol. The molecule has 10 heteroatoms. The van der Waals surface area contributed by atoms with Gasteiger partial charge in [0.1, 0.15) is 12.6 Å². The summed E-state index contributed by atoms with van der Waals surface area (Å²) in [5.41, 5.74) is 0. The molecule has 0 bridgehead atoms. The van der Waals surface area contributed by atoms with E-state index in [9.17, 15) is 19.2 Å². The molecule has 8 nitrogen and oxygen atoms in total. The molecule has 3 rings (SSSR count). The summed E-state index contributed by atoms with van der Waals surface area (Å²) in [5.74, 6) is -1.85. The Morgan fingerprint density at radius 3 is 2.45 bits per heavy atom. The van der Waals surface area contributed by atoms with Crippen molar-refractivity contribution < 1.29 is 23.9 Å². The molecular formula is C23H29N3O5S2. The normalized spacial score (nSPS) is 14.8. The first-order valence-corrected chi connectivity index (χ1v) is 12.9. The van der Waals surface area contributed by atoms with Gasteiger partial charge < -0.3 is 20.3 Å². The predicted octanol–water partition coefficient (Wildman–Crippen LogP) is 3.12. The molecule has 0 spiro atoms. The number of carbonyl (C=O) groups excluding carboxylic acids is 4. The molecule has 2 heterocycles. The van der Waals surface area contributed by atoms with Crippen LogP contribution < -0.4 is 10.6 Å². The average Bonchev–Trinajstić information content (AvgIpc) is 3.52. The molecule has 33 heavy (non-hydrogen) atoms. The van der Waals surface area contributed by atoms with Crippen LogP contribution in [-0.4, -0.2) is 54.3 Å². The average molecular weight is 492 g/mol. The van der Waals surface area contributed by atoms with Crippen molar-refractivity contribution in [3.63, 3.8) is 0 Å². The molecule has 2 N–H and O–H groups in total. The van der Waals surface area contributed by atoms with Crippen molar-refractivity contribution in [2.24, 2.45) is 0 Å². The van der Waals surface area contributed by atoms with Gasteiger partial charge in [-0.1, -0.05) is 31.4 Å². The standard InChI is InChI=1S/C23H29N3O5S2/c1-2-31-20(28)15-26(19(27)14-24-22(29)18-11-7-13-33-18)21(17-10-6-12-32-17)23(30)25-16-8-4-3-5-9-16/h6-7,10-13,16,21H,2-5,8-9,14-15H2,1H3,(H,24,29)(H,25,30)/t21-/m1/s1. The Morgan fingerprint density at radius 2 is 1.82 bits per heavy atom. The van der Waals surface area contributed by atoms with Gasteiger partial charge in [0.25, 0.3) is 5.91 Å². The number of ether oxygens (including phenoxy) is 1. The SMILES string of the molecule is CCOC(=O)CN(C(=O)CNC(=O)c1cccs1)[C@@H](C(=O)NC1CCCCC1)c1cccs1. The number of esters is 1. The van der Waals surface area contributed by atoms with Gasteiger partial charge >= 0.3 is 5.97 Å². The third kappa shape index (κ3) is 7.13. The second kappa shape index (κ2) is 12.5. The smallest absolute Gasteiger partial charge is 0.325 e. The van der Waals surface area contributed by atoms with Gasteiger partial charge in [-0.15, -0.1) is 22.7 Å². The molecule has 0 saturated heterocycles. The summed E-state index contributed by atoms with van der Waals surface area (Å²) in [6.45, 7) is 1.11. The molecule has 3 amide bonds. The highest BCUT2D eigenvalue weighted by atomic mass is 32.1. The molecule has 1 atom stereocenters. The van der Waals surface area contributed by atoms with E-state index in [1.54, 1.807) is 36.6 Å². The molecule has 1 aliphatic carbocycles. The van der Waals surface area contributed by atoms with Gasteiger partial charge in [-0.3, -0.25) is 19.2 Å². The molecule has 2 aromatic heterocycles. The maximum absolute atomic E-state index is 13.4. The van der Waals surface area contributed by atoms with E-state index in [0.717, 1.165) is 32.1 Å². The summed E-state index contributed by atoms with van der Waals surface area (Å²) in [6.07, 6.45) is 5.04. The Balaban J connectivity index is 1.80. The van der Waals surface area contributed by atoms with Crippen molar-refractivity contribution in [1.29, 1.82) is 0 Å². The summed E-state index contributed by atoms with van der Waals surface area (Å²) >= 11 is 2.60. The number of nitrogens with one attached hydrogen (secondary N) is 2. The minimum Gasteiger partial charge on any atom is -0.465 e. The van der Waals surface area contributed by atoms with Gasteiger partial charge in [0.05, 0.1) is 18.0 Å². The zero-order valence-corrected chi connectivity index (χ0v) is 20.2. The summed E-state index contributed by atoms with van der Waals surface area (Å²) < 4.78 is 5.06. The highest BCUT2D eigenvalue weighted by molar-refractivity contribution is 7.12. The number of thiophene rings is 2. The summed E-state index contributed by atoms with van der Waals surface area (Å²) in [6, 6.07) is 6.04. The van der Waals surface area contributed by atoms with Gasteiger partial charge in [0.2, 0.25) is 11.8 Å². The van der Waals surface area contributed by atoms with Crippen LogP contribution in [0.2, 0.25) is 0 Å². The van der Waals surface area contributed by atoms with Crippen LogP contribution in [0.3, 0.4) is 0 Å². The van der Waals surface area contributed by atoms with Gasteiger partial charge in [-0.25, -0.2) is 0 Å². The Morgan fingerprint density at radius 1 is 1.09 bits per heavy atom. The molecule has 1 saturated carbocycles. The zero-order valence-electron chi connectivity index (χ0n) is 18.6. The van der Waals surface area contributed by atoms with Crippen LogP contribution in [0.25, 0.3) is 0 Å². The Kier molecular flexibility index (Phi) is 9.44. The van der Waals surface area contributed by atoms with Crippen LogP contribution in [0.5, 0.6) is 0 Å². The van der Waals surface area contributed by atoms with E-state index in [4.69, 9.17) is 4.74 Å². The summed E-state index contributed by atoms with van der Waals surface area (Å²) in [7, 11) is 0. The van der Waals surface area contributed by atoms with Gasteiger partial charge in [0, 0.05) is 10.9 Å². The van der Waals surface area contributed by atoms with E-state index < -0.39 is 17.9 Å². The molecule has 2 aromatic rings. The minimum absolute atomic E-state index is 0.0480. The highest BCUT2D eigenvalue weighted by Gasteiger charge is 2.35. The van der Waals surface area contributed by atoms with E-state index in [1.807, 2.05) is 5.38 Å². The van der Waals surface area contributed by atoms with Crippen LogP contribution in [-0.2, 0) is 19.1 Å². The number of rotatable bonds is 10. The van der Waals surface area contributed by atoms with E-state index in [1.165, 1.54) is 27.6 Å². The first-order valence-electron chi connectivity index (χ1n) is 11.1. The van der Waals surface area contributed by atoms with Crippen molar-refractivity contribution >= 4 is 46.4 Å². The van der Waals surface area contributed by atoms with Crippen molar-refractivity contribution in [2.45, 2.75) is 51.1 Å². The van der Waals surface area contributed by atoms with E-state index in [0.29, 0.717) is 9.75 Å². The first kappa shape index (κ1) is 24.9. The van der Waals surface area contributed by atoms with Crippen molar-refractivity contribution in [3.05, 3.63) is 44.8 Å². The second-order valence-electron chi connectivity index (χ2n) is 7.75. The summed E-state index contributed by atoms with van der Waals surface area (Å²) in [4.78, 5) is 53.6. The van der Waals surface area contributed by atoms with Gasteiger partial charge in [-0.2, -0.15) is 0 Å². The van der Waals surface area contributed by atoms with Crippen molar-refractivity contribution in [3.8, 4) is 0 Å². The van der Waals surface area contributed by atoms with E-state index in [2.05, 4.69) is 10.6 Å². The number of hydrogen-bond donors (Lipinski definition) is 2. The third-order valence-corrected chi connectivity index (χ3v) is 7.19. The monoisotopic (exact) mass is 491 g/mol. The fourth-order valence-corrected chi connectivity index (χ4v) is 5.29. The van der Waals surface area contributed by atoms with E-state index >= 15 is 0 Å². The largest absolute Gasteiger partial charge is 0.465 e. The van der Waals surface area contributed by atoms with Crippen LogP contribution in [0.15, 0.2) is 35.0 Å². The topological polar surface area (TPSA) is 105 Å². The lowest BCUT2D eigenvalue weighted by Gasteiger charge is -2.32. The maximum atomic E-state index is 13.4. The van der Waals surface area contributed by atoms with Crippen LogP contribution in [0.4, 0.5) is 0 Å². The lowest BCUT2D eigenvalue weighted by molar-refractivity contribution is -0.152. The maximum Gasteiger partial charge on any atom is 0.325 e. The van der Waals surface area contributed by atoms with Crippen molar-refractivity contribution in [2.75, 3.05) is 19.7 Å². The number of amides is 3. The van der Waals surface area contributed by atoms with Crippen LogP contribution >= 0.6 is 22.7 Å². The molecular weight excluding hydrogens is 462 g/mol. The molecule has 178 valence electrons. The molecule has 0 aromatic carbocycles. The van der Waals surface area contributed by atoms with Gasteiger partial charge in [-0.05, 0) is 42.7 Å². The first-order chi connectivity index (χ1) is 16.0. The molecule has 0 radical (unpaired) electrons. The molecule has 1 fully saturated rings. The number of carbonyl (C=O) groups is 4. The fraction of sp³-hybridized carbons (Fsp3) is 0.478.